The summed E-state index contributed by atoms with van der Waals surface area (Å²) in [6.45, 7) is 5.96. The second-order valence-corrected chi connectivity index (χ2v) is 5.74. The third-order valence-corrected chi connectivity index (χ3v) is 3.91. The molecule has 0 aromatic heterocycles. The molecule has 0 amide bonds. The van der Waals surface area contributed by atoms with Crippen LogP contribution < -0.4 is 0 Å². The van der Waals surface area contributed by atoms with E-state index in [2.05, 4.69) is 15.9 Å². The van der Waals surface area contributed by atoms with Crippen LogP contribution in [0.3, 0.4) is 0 Å². The molecule has 0 saturated carbocycles. The molecule has 0 saturated heterocycles. The van der Waals surface area contributed by atoms with Gasteiger partial charge in [-0.25, -0.2) is 4.39 Å². The molecule has 2 aromatic carbocycles. The fourth-order valence-electron chi connectivity index (χ4n) is 2.47. The van der Waals surface area contributed by atoms with Crippen LogP contribution in [-0.2, 0) is 0 Å². The molecule has 3 heteroatoms. The molecule has 1 unspecified atom stereocenters. The molecule has 0 heterocycles. The van der Waals surface area contributed by atoms with Crippen LogP contribution in [0.15, 0.2) is 34.8 Å². The summed E-state index contributed by atoms with van der Waals surface area (Å²) in [5.74, 6) is -0.362. The Bertz CT molecular complexity index is 599. The van der Waals surface area contributed by atoms with E-state index < -0.39 is 6.10 Å². The van der Waals surface area contributed by atoms with E-state index in [0.29, 0.717) is 10.0 Å². The van der Waals surface area contributed by atoms with Crippen molar-refractivity contribution in [3.63, 3.8) is 0 Å². The van der Waals surface area contributed by atoms with Crippen molar-refractivity contribution in [1.29, 1.82) is 0 Å². The summed E-state index contributed by atoms with van der Waals surface area (Å²) in [6.07, 6.45) is -0.803. The van der Waals surface area contributed by atoms with Gasteiger partial charge in [-0.15, -0.1) is 0 Å². The summed E-state index contributed by atoms with van der Waals surface area (Å²) in [4.78, 5) is 0. The molecule has 0 aliphatic heterocycles. The Balaban J connectivity index is 2.49. The molecule has 0 fully saturated rings. The van der Waals surface area contributed by atoms with Crippen molar-refractivity contribution in [3.8, 4) is 0 Å². The molecule has 0 aliphatic carbocycles. The zero-order chi connectivity index (χ0) is 14.2. The van der Waals surface area contributed by atoms with Gasteiger partial charge in [0.05, 0.1) is 4.47 Å². The molecule has 1 atom stereocenters. The highest BCUT2D eigenvalue weighted by molar-refractivity contribution is 9.10. The Morgan fingerprint density at radius 2 is 1.63 bits per heavy atom. The maximum atomic E-state index is 13.6. The summed E-state index contributed by atoms with van der Waals surface area (Å²) in [5, 5.41) is 10.5. The molecule has 0 bridgehead atoms. The van der Waals surface area contributed by atoms with Gasteiger partial charge >= 0.3 is 0 Å². The standard InChI is InChI=1S/C16H16BrFO/c1-9-6-10(2)15(11(3)7-9)16(19)12-4-5-13(17)14(18)8-12/h4-8,16,19H,1-3H3. The number of aliphatic hydroxyl groups excluding tert-OH is 1. The van der Waals surface area contributed by atoms with Crippen molar-refractivity contribution in [2.45, 2.75) is 26.9 Å². The molecule has 19 heavy (non-hydrogen) atoms. The topological polar surface area (TPSA) is 20.2 Å². The van der Waals surface area contributed by atoms with Gasteiger partial charge in [0, 0.05) is 0 Å². The number of benzene rings is 2. The van der Waals surface area contributed by atoms with E-state index in [1.54, 1.807) is 12.1 Å². The molecule has 2 rings (SSSR count). The maximum absolute atomic E-state index is 13.6. The lowest BCUT2D eigenvalue weighted by Crippen LogP contribution is -2.05. The lowest BCUT2D eigenvalue weighted by atomic mass is 9.92. The van der Waals surface area contributed by atoms with Crippen LogP contribution in [0, 0.1) is 26.6 Å². The van der Waals surface area contributed by atoms with Crippen LogP contribution in [0.5, 0.6) is 0 Å². The highest BCUT2D eigenvalue weighted by Gasteiger charge is 2.17. The third-order valence-electron chi connectivity index (χ3n) is 3.27. The van der Waals surface area contributed by atoms with E-state index in [1.165, 1.54) is 6.07 Å². The van der Waals surface area contributed by atoms with Gasteiger partial charge in [-0.2, -0.15) is 0 Å². The summed E-state index contributed by atoms with van der Waals surface area (Å²) < 4.78 is 14.0. The first-order valence-electron chi connectivity index (χ1n) is 6.11. The molecule has 0 spiro atoms. The predicted octanol–water partition coefficient (Wildman–Crippen LogP) is 4.60. The third kappa shape index (κ3) is 2.88. The minimum Gasteiger partial charge on any atom is -0.384 e. The second-order valence-electron chi connectivity index (χ2n) is 4.89. The van der Waals surface area contributed by atoms with Gasteiger partial charge in [0.25, 0.3) is 0 Å². The monoisotopic (exact) mass is 322 g/mol. The Morgan fingerprint density at radius 3 is 2.16 bits per heavy atom. The van der Waals surface area contributed by atoms with E-state index in [4.69, 9.17) is 0 Å². The van der Waals surface area contributed by atoms with Crippen molar-refractivity contribution < 1.29 is 9.50 Å². The van der Waals surface area contributed by atoms with Crippen LogP contribution in [0.4, 0.5) is 4.39 Å². The number of hydrogen-bond donors (Lipinski definition) is 1. The maximum Gasteiger partial charge on any atom is 0.137 e. The minimum absolute atomic E-state index is 0.362. The lowest BCUT2D eigenvalue weighted by molar-refractivity contribution is 0.218. The van der Waals surface area contributed by atoms with Gasteiger partial charge in [0.1, 0.15) is 11.9 Å². The van der Waals surface area contributed by atoms with E-state index in [1.807, 2.05) is 32.9 Å². The molecule has 1 nitrogen and oxygen atoms in total. The predicted molar refractivity (Wildman–Crippen MR) is 78.8 cm³/mol. The van der Waals surface area contributed by atoms with Crippen molar-refractivity contribution in [2.24, 2.45) is 0 Å². The fourth-order valence-corrected chi connectivity index (χ4v) is 2.72. The van der Waals surface area contributed by atoms with E-state index in [0.717, 1.165) is 22.3 Å². The Kier molecular flexibility index (Phi) is 4.07. The van der Waals surface area contributed by atoms with E-state index >= 15 is 0 Å². The summed E-state index contributed by atoms with van der Waals surface area (Å²) >= 11 is 3.12. The van der Waals surface area contributed by atoms with Crippen molar-refractivity contribution in [2.75, 3.05) is 0 Å². The van der Waals surface area contributed by atoms with Gasteiger partial charge in [-0.3, -0.25) is 0 Å². The highest BCUT2D eigenvalue weighted by Crippen LogP contribution is 2.30. The highest BCUT2D eigenvalue weighted by atomic mass is 79.9. The summed E-state index contributed by atoms with van der Waals surface area (Å²) in [5.41, 5.74) is 4.62. The molecular weight excluding hydrogens is 307 g/mol. The molecule has 0 radical (unpaired) electrons. The second kappa shape index (κ2) is 5.43. The van der Waals surface area contributed by atoms with Gasteiger partial charge < -0.3 is 5.11 Å². The number of rotatable bonds is 2. The molecular formula is C16H16BrFO. The normalized spacial score (nSPS) is 12.5. The first-order chi connectivity index (χ1) is 8.90. The number of aliphatic hydroxyl groups is 1. The van der Waals surface area contributed by atoms with Crippen LogP contribution >= 0.6 is 15.9 Å². The Hall–Kier alpha value is -1.19. The molecule has 100 valence electrons. The van der Waals surface area contributed by atoms with Gasteiger partial charge in [-0.1, -0.05) is 23.8 Å². The smallest absolute Gasteiger partial charge is 0.137 e. The first-order valence-corrected chi connectivity index (χ1v) is 6.90. The van der Waals surface area contributed by atoms with Crippen LogP contribution in [0.25, 0.3) is 0 Å². The Morgan fingerprint density at radius 1 is 1.05 bits per heavy atom. The SMILES string of the molecule is Cc1cc(C)c(C(O)c2ccc(Br)c(F)c2)c(C)c1. The van der Waals surface area contributed by atoms with Gasteiger partial charge in [0.2, 0.25) is 0 Å². The fraction of sp³-hybridized carbons (Fsp3) is 0.250. The van der Waals surface area contributed by atoms with Crippen LogP contribution in [0.1, 0.15) is 33.9 Å². The average Bonchev–Trinajstić information content (AvgIpc) is 2.31. The van der Waals surface area contributed by atoms with E-state index in [-0.39, 0.29) is 5.82 Å². The van der Waals surface area contributed by atoms with Crippen molar-refractivity contribution >= 4 is 15.9 Å². The quantitative estimate of drug-likeness (QED) is 0.857. The zero-order valence-electron chi connectivity index (χ0n) is 11.2. The van der Waals surface area contributed by atoms with Crippen molar-refractivity contribution in [3.05, 3.63) is 68.4 Å². The van der Waals surface area contributed by atoms with Crippen LogP contribution in [0.2, 0.25) is 0 Å². The van der Waals surface area contributed by atoms with Crippen molar-refractivity contribution in [1.82, 2.24) is 0 Å². The number of halogens is 2. The number of aryl methyl sites for hydroxylation is 3. The molecule has 1 N–H and O–H groups in total. The lowest BCUT2D eigenvalue weighted by Gasteiger charge is -2.18. The Labute approximate surface area is 121 Å². The van der Waals surface area contributed by atoms with Crippen LogP contribution in [-0.4, -0.2) is 5.11 Å². The zero-order valence-corrected chi connectivity index (χ0v) is 12.8. The largest absolute Gasteiger partial charge is 0.384 e. The summed E-state index contributed by atoms with van der Waals surface area (Å²) in [7, 11) is 0. The summed E-state index contributed by atoms with van der Waals surface area (Å²) in [6, 6.07) is 8.78. The molecule has 0 aliphatic rings. The number of hydrogen-bond acceptors (Lipinski definition) is 1. The molecule has 2 aromatic rings. The van der Waals surface area contributed by atoms with Gasteiger partial charge in [-0.05, 0) is 71.1 Å². The minimum atomic E-state index is -0.803. The average molecular weight is 323 g/mol. The first kappa shape index (κ1) is 14.2. The van der Waals surface area contributed by atoms with E-state index in [9.17, 15) is 9.50 Å². The van der Waals surface area contributed by atoms with Gasteiger partial charge in [0.15, 0.2) is 0 Å².